The molecule has 2 N–H and O–H groups in total. The molecule has 0 aliphatic rings. The number of rotatable bonds is 6. The number of benzene rings is 1. The molecule has 6 nitrogen and oxygen atoms in total. The molecule has 1 rings (SSSR count). The van der Waals surface area contributed by atoms with E-state index >= 15 is 0 Å². The molecule has 0 heterocycles. The summed E-state index contributed by atoms with van der Waals surface area (Å²) in [7, 11) is 1.28. The zero-order valence-electron chi connectivity index (χ0n) is 12.4. The third kappa shape index (κ3) is 6.07. The van der Waals surface area contributed by atoms with Gasteiger partial charge in [0.15, 0.2) is 0 Å². The van der Waals surface area contributed by atoms with E-state index in [0.717, 1.165) is 0 Å². The number of nitrogens with one attached hydrogen (secondary N) is 2. The number of methoxy groups -OCH3 is 1. The SMILES string of the molecule is COC(=O)CCC(=O)Nc1cccc(NC(=O)C(C)C)c1. The van der Waals surface area contributed by atoms with Gasteiger partial charge in [0.25, 0.3) is 0 Å². The van der Waals surface area contributed by atoms with Gasteiger partial charge in [-0.2, -0.15) is 0 Å². The maximum absolute atomic E-state index is 11.7. The summed E-state index contributed by atoms with van der Waals surface area (Å²) in [5, 5.41) is 5.42. The van der Waals surface area contributed by atoms with Gasteiger partial charge in [0, 0.05) is 23.7 Å². The van der Waals surface area contributed by atoms with Gasteiger partial charge in [-0.15, -0.1) is 0 Å². The molecule has 0 fully saturated rings. The fraction of sp³-hybridized carbons (Fsp3) is 0.400. The number of esters is 1. The van der Waals surface area contributed by atoms with Gasteiger partial charge >= 0.3 is 5.97 Å². The minimum atomic E-state index is -0.428. The van der Waals surface area contributed by atoms with E-state index in [1.54, 1.807) is 38.1 Å². The molecule has 1 aromatic rings. The van der Waals surface area contributed by atoms with Gasteiger partial charge in [-0.05, 0) is 18.2 Å². The van der Waals surface area contributed by atoms with E-state index in [1.165, 1.54) is 7.11 Å². The van der Waals surface area contributed by atoms with E-state index in [9.17, 15) is 14.4 Å². The molecule has 1 aromatic carbocycles. The molecule has 0 radical (unpaired) electrons. The second-order valence-electron chi connectivity index (χ2n) is 4.85. The number of hydrogen-bond donors (Lipinski definition) is 2. The molecule has 0 aliphatic carbocycles. The molecule has 0 unspecified atom stereocenters. The Kier molecular flexibility index (Phi) is 6.39. The lowest BCUT2D eigenvalue weighted by Gasteiger charge is -2.10. The van der Waals surface area contributed by atoms with Crippen molar-refractivity contribution in [1.29, 1.82) is 0 Å². The summed E-state index contributed by atoms with van der Waals surface area (Å²) in [4.78, 5) is 34.2. The molecule has 0 saturated heterocycles. The van der Waals surface area contributed by atoms with Crippen molar-refractivity contribution in [3.05, 3.63) is 24.3 Å². The minimum Gasteiger partial charge on any atom is -0.469 e. The van der Waals surface area contributed by atoms with Crippen molar-refractivity contribution in [2.75, 3.05) is 17.7 Å². The van der Waals surface area contributed by atoms with Crippen molar-refractivity contribution < 1.29 is 19.1 Å². The van der Waals surface area contributed by atoms with Gasteiger partial charge in [-0.25, -0.2) is 0 Å². The van der Waals surface area contributed by atoms with Crippen molar-refractivity contribution in [1.82, 2.24) is 0 Å². The van der Waals surface area contributed by atoms with Gasteiger partial charge in [0.2, 0.25) is 11.8 Å². The first-order valence-electron chi connectivity index (χ1n) is 6.70. The summed E-state index contributed by atoms with van der Waals surface area (Å²) in [6.45, 7) is 3.60. The lowest BCUT2D eigenvalue weighted by molar-refractivity contribution is -0.141. The van der Waals surface area contributed by atoms with Crippen LogP contribution < -0.4 is 10.6 Å². The second-order valence-corrected chi connectivity index (χ2v) is 4.85. The molecule has 114 valence electrons. The molecule has 0 aromatic heterocycles. The molecule has 0 bridgehead atoms. The Labute approximate surface area is 123 Å². The zero-order valence-corrected chi connectivity index (χ0v) is 12.4. The normalized spacial score (nSPS) is 10.1. The van der Waals surface area contributed by atoms with Crippen molar-refractivity contribution in [3.63, 3.8) is 0 Å². The van der Waals surface area contributed by atoms with Crippen LogP contribution in [0.3, 0.4) is 0 Å². The predicted molar refractivity (Wildman–Crippen MR) is 79.8 cm³/mol. The molecule has 0 spiro atoms. The number of anilines is 2. The Morgan fingerprint density at radius 3 is 2.29 bits per heavy atom. The molecule has 0 aliphatic heterocycles. The van der Waals surface area contributed by atoms with Crippen molar-refractivity contribution in [3.8, 4) is 0 Å². The van der Waals surface area contributed by atoms with Gasteiger partial charge in [0.05, 0.1) is 13.5 Å². The zero-order chi connectivity index (χ0) is 15.8. The summed E-state index contributed by atoms with van der Waals surface area (Å²) < 4.78 is 4.47. The van der Waals surface area contributed by atoms with Crippen LogP contribution in [-0.2, 0) is 19.1 Å². The van der Waals surface area contributed by atoms with Gasteiger partial charge < -0.3 is 15.4 Å². The molecule has 6 heteroatoms. The molecular weight excluding hydrogens is 272 g/mol. The Morgan fingerprint density at radius 2 is 1.71 bits per heavy atom. The largest absolute Gasteiger partial charge is 0.469 e. The minimum absolute atomic E-state index is 0.0338. The summed E-state index contributed by atoms with van der Waals surface area (Å²) in [5.74, 6) is -0.927. The van der Waals surface area contributed by atoms with Gasteiger partial charge in [-0.1, -0.05) is 19.9 Å². The Morgan fingerprint density at radius 1 is 1.10 bits per heavy atom. The molecule has 0 saturated carbocycles. The fourth-order valence-electron chi connectivity index (χ4n) is 1.50. The molecule has 2 amide bonds. The van der Waals surface area contributed by atoms with E-state index in [2.05, 4.69) is 15.4 Å². The van der Waals surface area contributed by atoms with Crippen LogP contribution in [0, 0.1) is 5.92 Å². The third-order valence-electron chi connectivity index (χ3n) is 2.72. The first kappa shape index (κ1) is 16.7. The van der Waals surface area contributed by atoms with Crippen molar-refractivity contribution in [2.24, 2.45) is 5.92 Å². The number of hydrogen-bond acceptors (Lipinski definition) is 4. The molecule has 21 heavy (non-hydrogen) atoms. The smallest absolute Gasteiger partial charge is 0.306 e. The highest BCUT2D eigenvalue weighted by Gasteiger charge is 2.09. The summed E-state index contributed by atoms with van der Waals surface area (Å²) >= 11 is 0. The number of ether oxygens (including phenoxy) is 1. The maximum atomic E-state index is 11.7. The summed E-state index contributed by atoms with van der Waals surface area (Å²) in [6.07, 6.45) is 0.0847. The highest BCUT2D eigenvalue weighted by Crippen LogP contribution is 2.16. The van der Waals surface area contributed by atoms with E-state index in [4.69, 9.17) is 0 Å². The quantitative estimate of drug-likeness (QED) is 0.787. The maximum Gasteiger partial charge on any atom is 0.306 e. The monoisotopic (exact) mass is 292 g/mol. The number of carbonyl (C=O) groups excluding carboxylic acids is 3. The fourth-order valence-corrected chi connectivity index (χ4v) is 1.50. The Bertz CT molecular complexity index is 526. The first-order valence-corrected chi connectivity index (χ1v) is 6.70. The lowest BCUT2D eigenvalue weighted by Crippen LogP contribution is -2.18. The van der Waals surface area contributed by atoms with Crippen LogP contribution in [0.2, 0.25) is 0 Å². The third-order valence-corrected chi connectivity index (χ3v) is 2.72. The topological polar surface area (TPSA) is 84.5 Å². The van der Waals surface area contributed by atoms with Crippen LogP contribution >= 0.6 is 0 Å². The van der Waals surface area contributed by atoms with E-state index in [1.807, 2.05) is 0 Å². The molecule has 0 atom stereocenters. The summed E-state index contributed by atoms with van der Waals surface area (Å²) in [6, 6.07) is 6.84. The molecular formula is C15H20N2O4. The first-order chi connectivity index (χ1) is 9.92. The van der Waals surface area contributed by atoms with E-state index in [-0.39, 0.29) is 30.6 Å². The van der Waals surface area contributed by atoms with Crippen LogP contribution in [0.1, 0.15) is 26.7 Å². The van der Waals surface area contributed by atoms with Crippen molar-refractivity contribution >= 4 is 29.2 Å². The van der Waals surface area contributed by atoms with Crippen LogP contribution in [0.4, 0.5) is 11.4 Å². The average Bonchev–Trinajstić information content (AvgIpc) is 2.44. The van der Waals surface area contributed by atoms with E-state index in [0.29, 0.717) is 11.4 Å². The van der Waals surface area contributed by atoms with Crippen LogP contribution in [0.5, 0.6) is 0 Å². The Hall–Kier alpha value is -2.37. The van der Waals surface area contributed by atoms with Gasteiger partial charge in [-0.3, -0.25) is 14.4 Å². The predicted octanol–water partition coefficient (Wildman–Crippen LogP) is 2.17. The highest BCUT2D eigenvalue weighted by atomic mass is 16.5. The number of amides is 2. The standard InChI is InChI=1S/C15H20N2O4/c1-10(2)15(20)17-12-6-4-5-11(9-12)16-13(18)7-8-14(19)21-3/h4-6,9-10H,7-8H2,1-3H3,(H,16,18)(H,17,20). The average molecular weight is 292 g/mol. The van der Waals surface area contributed by atoms with Crippen LogP contribution in [-0.4, -0.2) is 24.9 Å². The van der Waals surface area contributed by atoms with Crippen LogP contribution in [0.25, 0.3) is 0 Å². The second kappa shape index (κ2) is 8.04. The van der Waals surface area contributed by atoms with Crippen molar-refractivity contribution in [2.45, 2.75) is 26.7 Å². The number of carbonyl (C=O) groups is 3. The highest BCUT2D eigenvalue weighted by molar-refractivity contribution is 5.95. The van der Waals surface area contributed by atoms with Crippen LogP contribution in [0.15, 0.2) is 24.3 Å². The summed E-state index contributed by atoms with van der Waals surface area (Å²) in [5.41, 5.74) is 1.17. The Balaban J connectivity index is 2.58. The lowest BCUT2D eigenvalue weighted by atomic mass is 10.2. The van der Waals surface area contributed by atoms with Gasteiger partial charge in [0.1, 0.15) is 0 Å². The van der Waals surface area contributed by atoms with E-state index < -0.39 is 5.97 Å².